The Bertz CT molecular complexity index is 1600. The fourth-order valence-electron chi connectivity index (χ4n) is 4.23. The minimum Gasteiger partial charge on any atom is -0.481 e. The number of carboxylic acids is 1. The second kappa shape index (κ2) is 12.5. The summed E-state index contributed by atoms with van der Waals surface area (Å²) in [6.45, 7) is 4.04. The average Bonchev–Trinajstić information content (AvgIpc) is 2.94. The molecule has 4 rings (SSSR count). The fourth-order valence-corrected chi connectivity index (χ4v) is 5.67. The number of aliphatic carboxylic acids is 1. The third-order valence-corrected chi connectivity index (χ3v) is 8.31. The maximum atomic E-state index is 13.5. The highest BCUT2D eigenvalue weighted by Gasteiger charge is 2.23. The highest BCUT2D eigenvalue weighted by atomic mass is 79.9. The second-order valence-corrected chi connectivity index (χ2v) is 12.2. The summed E-state index contributed by atoms with van der Waals surface area (Å²) in [7, 11) is -3.99. The van der Waals surface area contributed by atoms with Crippen molar-refractivity contribution in [2.75, 3.05) is 4.72 Å². The van der Waals surface area contributed by atoms with Gasteiger partial charge in [0.25, 0.3) is 15.9 Å². The van der Waals surface area contributed by atoms with Crippen molar-refractivity contribution in [2.24, 2.45) is 0 Å². The molecule has 1 unspecified atom stereocenters. The molecule has 4 aromatic rings. The molecule has 206 valence electrons. The maximum Gasteiger partial charge on any atom is 0.305 e. The SMILES string of the molecule is CC(C)c1ccc(S(=O)(=O)Nc2ccc(Br)cc2C(=O)NC(CC(=O)O)c2ccc(-c3ccccc3)cc2)cc1. The fraction of sp³-hybridized carbons (Fsp3) is 0.161. The minimum absolute atomic E-state index is 0.0491. The summed E-state index contributed by atoms with van der Waals surface area (Å²) < 4.78 is 29.4. The Balaban J connectivity index is 1.60. The zero-order valence-electron chi connectivity index (χ0n) is 22.0. The van der Waals surface area contributed by atoms with Crippen LogP contribution < -0.4 is 10.0 Å². The third-order valence-electron chi connectivity index (χ3n) is 6.43. The lowest BCUT2D eigenvalue weighted by Gasteiger charge is -2.20. The zero-order chi connectivity index (χ0) is 28.9. The van der Waals surface area contributed by atoms with Crippen molar-refractivity contribution in [1.29, 1.82) is 0 Å². The van der Waals surface area contributed by atoms with Gasteiger partial charge in [-0.05, 0) is 58.5 Å². The molecule has 9 heteroatoms. The van der Waals surface area contributed by atoms with E-state index in [1.165, 1.54) is 24.3 Å². The van der Waals surface area contributed by atoms with Crippen LogP contribution in [0.1, 0.15) is 53.7 Å². The van der Waals surface area contributed by atoms with Gasteiger partial charge in [-0.1, -0.05) is 96.5 Å². The first-order valence-corrected chi connectivity index (χ1v) is 14.9. The molecule has 4 aromatic carbocycles. The van der Waals surface area contributed by atoms with Crippen LogP contribution in [0, 0.1) is 0 Å². The van der Waals surface area contributed by atoms with Gasteiger partial charge < -0.3 is 10.4 Å². The number of rotatable bonds is 10. The van der Waals surface area contributed by atoms with Crippen molar-refractivity contribution < 1.29 is 23.1 Å². The monoisotopic (exact) mass is 620 g/mol. The van der Waals surface area contributed by atoms with Crippen molar-refractivity contribution in [3.05, 3.63) is 118 Å². The van der Waals surface area contributed by atoms with E-state index in [0.29, 0.717) is 10.0 Å². The average molecular weight is 622 g/mol. The molecule has 0 saturated heterocycles. The molecule has 0 radical (unpaired) electrons. The van der Waals surface area contributed by atoms with E-state index in [1.807, 2.05) is 56.3 Å². The van der Waals surface area contributed by atoms with Gasteiger partial charge in [0.15, 0.2) is 0 Å². The Hall–Kier alpha value is -3.95. The first kappa shape index (κ1) is 29.0. The van der Waals surface area contributed by atoms with Gasteiger partial charge in [-0.2, -0.15) is 0 Å². The van der Waals surface area contributed by atoms with Gasteiger partial charge in [-0.3, -0.25) is 14.3 Å². The van der Waals surface area contributed by atoms with Gasteiger partial charge in [0.05, 0.1) is 28.6 Å². The highest BCUT2D eigenvalue weighted by Crippen LogP contribution is 2.28. The molecule has 0 aliphatic heterocycles. The van der Waals surface area contributed by atoms with Crippen LogP contribution in [0.4, 0.5) is 5.69 Å². The number of hydrogen-bond acceptors (Lipinski definition) is 4. The molecule has 0 spiro atoms. The highest BCUT2D eigenvalue weighted by molar-refractivity contribution is 9.10. The zero-order valence-corrected chi connectivity index (χ0v) is 24.4. The molecule has 0 heterocycles. The van der Waals surface area contributed by atoms with E-state index in [-0.39, 0.29) is 28.5 Å². The summed E-state index contributed by atoms with van der Waals surface area (Å²) >= 11 is 3.34. The van der Waals surface area contributed by atoms with E-state index in [4.69, 9.17) is 0 Å². The van der Waals surface area contributed by atoms with Crippen molar-refractivity contribution in [3.63, 3.8) is 0 Å². The summed E-state index contributed by atoms with van der Waals surface area (Å²) in [4.78, 5) is 25.2. The number of halogens is 1. The molecular formula is C31H29BrN2O5S. The van der Waals surface area contributed by atoms with E-state index < -0.39 is 27.9 Å². The van der Waals surface area contributed by atoms with E-state index in [9.17, 15) is 23.1 Å². The van der Waals surface area contributed by atoms with Crippen LogP contribution >= 0.6 is 15.9 Å². The Labute approximate surface area is 242 Å². The summed E-state index contributed by atoms with van der Waals surface area (Å²) in [6, 6.07) is 27.4. The van der Waals surface area contributed by atoms with Crippen LogP contribution in [-0.2, 0) is 14.8 Å². The van der Waals surface area contributed by atoms with Gasteiger partial charge in [0, 0.05) is 4.47 Å². The standard InChI is InChI=1S/C31H29BrN2O5S/c1-20(2)21-12-15-26(16-13-21)40(38,39)34-28-17-14-25(32)18-27(28)31(37)33-29(19-30(35)36)24-10-8-23(9-11-24)22-6-4-3-5-7-22/h3-18,20,29,34H,19H2,1-2H3,(H,33,37)(H,35,36). The maximum absolute atomic E-state index is 13.5. The number of carbonyl (C=O) groups excluding carboxylic acids is 1. The molecule has 0 aromatic heterocycles. The molecule has 40 heavy (non-hydrogen) atoms. The lowest BCUT2D eigenvalue weighted by molar-refractivity contribution is -0.137. The summed E-state index contributed by atoms with van der Waals surface area (Å²) in [5.74, 6) is -1.45. The predicted molar refractivity (Wildman–Crippen MR) is 160 cm³/mol. The van der Waals surface area contributed by atoms with E-state index in [2.05, 4.69) is 26.0 Å². The number of hydrogen-bond donors (Lipinski definition) is 3. The molecule has 0 bridgehead atoms. The van der Waals surface area contributed by atoms with Crippen molar-refractivity contribution >= 4 is 43.5 Å². The van der Waals surface area contributed by atoms with Gasteiger partial charge in [-0.25, -0.2) is 8.42 Å². The molecule has 0 fully saturated rings. The van der Waals surface area contributed by atoms with Crippen LogP contribution in [0.2, 0.25) is 0 Å². The molecule has 0 saturated carbocycles. The minimum atomic E-state index is -3.99. The number of amides is 1. The Kier molecular flexibility index (Phi) is 9.07. The largest absolute Gasteiger partial charge is 0.481 e. The van der Waals surface area contributed by atoms with Crippen LogP contribution in [0.3, 0.4) is 0 Å². The molecular weight excluding hydrogens is 592 g/mol. The normalized spacial score (nSPS) is 12.1. The Morgan fingerprint density at radius 2 is 1.43 bits per heavy atom. The number of carbonyl (C=O) groups is 2. The van der Waals surface area contributed by atoms with Crippen molar-refractivity contribution in [1.82, 2.24) is 5.32 Å². The first-order valence-electron chi connectivity index (χ1n) is 12.6. The predicted octanol–water partition coefficient (Wildman–Crippen LogP) is 6.99. The molecule has 0 aliphatic carbocycles. The summed E-state index contributed by atoms with van der Waals surface area (Å²) in [5.41, 5.74) is 3.70. The van der Waals surface area contributed by atoms with Gasteiger partial charge in [-0.15, -0.1) is 0 Å². The Morgan fingerprint density at radius 3 is 2.02 bits per heavy atom. The van der Waals surface area contributed by atoms with Gasteiger partial charge >= 0.3 is 5.97 Å². The third kappa shape index (κ3) is 7.16. The lowest BCUT2D eigenvalue weighted by Crippen LogP contribution is -2.31. The first-order chi connectivity index (χ1) is 19.0. The van der Waals surface area contributed by atoms with Gasteiger partial charge in [0.1, 0.15) is 0 Å². The molecule has 3 N–H and O–H groups in total. The van der Waals surface area contributed by atoms with Crippen molar-refractivity contribution in [2.45, 2.75) is 37.1 Å². The molecule has 1 amide bonds. The van der Waals surface area contributed by atoms with Crippen LogP contribution in [0.15, 0.2) is 106 Å². The quantitative estimate of drug-likeness (QED) is 0.177. The number of carboxylic acid groups (broad SMARTS) is 1. The van der Waals surface area contributed by atoms with Gasteiger partial charge in [0.2, 0.25) is 0 Å². The Morgan fingerprint density at radius 1 is 0.825 bits per heavy atom. The number of anilines is 1. The van der Waals surface area contributed by atoms with Crippen LogP contribution in [-0.4, -0.2) is 25.4 Å². The number of benzene rings is 4. The molecule has 7 nitrogen and oxygen atoms in total. The number of sulfonamides is 1. The summed E-state index contributed by atoms with van der Waals surface area (Å²) in [5, 5.41) is 12.3. The molecule has 0 aliphatic rings. The van der Waals surface area contributed by atoms with Crippen molar-refractivity contribution in [3.8, 4) is 11.1 Å². The second-order valence-electron chi connectivity index (χ2n) is 9.63. The van der Waals surface area contributed by atoms with E-state index in [0.717, 1.165) is 16.7 Å². The van der Waals surface area contributed by atoms with Crippen LogP contribution in [0.5, 0.6) is 0 Å². The van der Waals surface area contributed by atoms with E-state index >= 15 is 0 Å². The smallest absolute Gasteiger partial charge is 0.305 e. The van der Waals surface area contributed by atoms with E-state index in [1.54, 1.807) is 30.3 Å². The van der Waals surface area contributed by atoms with Crippen LogP contribution in [0.25, 0.3) is 11.1 Å². The topological polar surface area (TPSA) is 113 Å². The lowest BCUT2D eigenvalue weighted by atomic mass is 9.98. The summed E-state index contributed by atoms with van der Waals surface area (Å²) in [6.07, 6.45) is -0.353. The molecule has 1 atom stereocenters. The number of nitrogens with one attached hydrogen (secondary N) is 2.